The van der Waals surface area contributed by atoms with Crippen LogP contribution in [-0.4, -0.2) is 32.5 Å². The third kappa shape index (κ3) is 2.31. The van der Waals surface area contributed by atoms with E-state index >= 15 is 0 Å². The summed E-state index contributed by atoms with van der Waals surface area (Å²) in [5.41, 5.74) is 4.16. The predicted octanol–water partition coefficient (Wildman–Crippen LogP) is 2.53. The van der Waals surface area contributed by atoms with Gasteiger partial charge in [0.2, 0.25) is 0 Å². The fourth-order valence-electron chi connectivity index (χ4n) is 2.90. The molecular formula is C15H15ClN4O. The zero-order valence-corrected chi connectivity index (χ0v) is 12.2. The van der Waals surface area contributed by atoms with Gasteiger partial charge in [0.25, 0.3) is 5.91 Å². The van der Waals surface area contributed by atoms with Crippen molar-refractivity contribution in [2.75, 3.05) is 6.54 Å². The second-order valence-electron chi connectivity index (χ2n) is 5.68. The molecule has 1 fully saturated rings. The lowest BCUT2D eigenvalue weighted by Gasteiger charge is -2.27. The lowest BCUT2D eigenvalue weighted by Crippen LogP contribution is -2.36. The maximum Gasteiger partial charge on any atom is 0.254 e. The zero-order valence-electron chi connectivity index (χ0n) is 11.5. The van der Waals surface area contributed by atoms with Gasteiger partial charge < -0.3 is 4.90 Å². The number of amides is 1. The van der Waals surface area contributed by atoms with Gasteiger partial charge in [0.05, 0.1) is 5.69 Å². The molecule has 6 heteroatoms. The summed E-state index contributed by atoms with van der Waals surface area (Å²) < 4.78 is 0. The lowest BCUT2D eigenvalue weighted by molar-refractivity contribution is 0.0733. The molecular weight excluding hydrogens is 288 g/mol. The Morgan fingerprint density at radius 3 is 3.05 bits per heavy atom. The topological polar surface area (TPSA) is 61.9 Å². The smallest absolute Gasteiger partial charge is 0.254 e. The van der Waals surface area contributed by atoms with Crippen molar-refractivity contribution in [3.63, 3.8) is 0 Å². The van der Waals surface area contributed by atoms with Crippen LogP contribution < -0.4 is 0 Å². The van der Waals surface area contributed by atoms with Gasteiger partial charge in [-0.15, -0.1) is 0 Å². The number of halogens is 1. The molecule has 0 atom stereocenters. The van der Waals surface area contributed by atoms with Crippen LogP contribution in [0, 0.1) is 0 Å². The van der Waals surface area contributed by atoms with Gasteiger partial charge in [0.1, 0.15) is 5.15 Å². The van der Waals surface area contributed by atoms with E-state index in [1.165, 1.54) is 24.1 Å². The van der Waals surface area contributed by atoms with Gasteiger partial charge in [-0.2, -0.15) is 5.10 Å². The fourth-order valence-corrected chi connectivity index (χ4v) is 3.08. The number of carbonyl (C=O) groups excluding carboxylic acids is 1. The van der Waals surface area contributed by atoms with Crippen molar-refractivity contribution >= 4 is 17.5 Å². The Morgan fingerprint density at radius 2 is 2.29 bits per heavy atom. The highest BCUT2D eigenvalue weighted by atomic mass is 35.5. The number of rotatable bonds is 2. The molecule has 0 radical (unpaired) electrons. The summed E-state index contributed by atoms with van der Waals surface area (Å²) in [6, 6.07) is 3.33. The summed E-state index contributed by atoms with van der Waals surface area (Å²) in [6.45, 7) is 1.34. The first-order valence-corrected chi connectivity index (χ1v) is 7.57. The molecule has 21 heavy (non-hydrogen) atoms. The summed E-state index contributed by atoms with van der Waals surface area (Å²) in [7, 11) is 0. The number of aromatic amines is 1. The molecule has 2 aromatic rings. The van der Waals surface area contributed by atoms with Crippen LogP contribution in [0.1, 0.15) is 46.1 Å². The number of nitrogens with one attached hydrogen (secondary N) is 1. The standard InChI is InChI=1S/C15H15ClN4O/c16-13-7-10(3-5-17-13)15(21)20-6-4-12-11(8-20)14(19-18-12)9-1-2-9/h3,5,7,9H,1-2,4,6,8H2,(H,18,19). The van der Waals surface area contributed by atoms with Gasteiger partial charge in [-0.1, -0.05) is 11.6 Å². The molecule has 1 aliphatic carbocycles. The molecule has 0 aromatic carbocycles. The minimum absolute atomic E-state index is 0.00731. The van der Waals surface area contributed by atoms with Crippen LogP contribution in [0.15, 0.2) is 18.3 Å². The van der Waals surface area contributed by atoms with Crippen molar-refractivity contribution < 1.29 is 4.79 Å². The largest absolute Gasteiger partial charge is 0.334 e. The second kappa shape index (κ2) is 4.84. The van der Waals surface area contributed by atoms with Crippen LogP contribution in [0.5, 0.6) is 0 Å². The van der Waals surface area contributed by atoms with E-state index in [4.69, 9.17) is 11.6 Å². The Bertz CT molecular complexity index is 707. The van der Waals surface area contributed by atoms with E-state index in [0.29, 0.717) is 29.7 Å². The van der Waals surface area contributed by atoms with Crippen molar-refractivity contribution in [3.8, 4) is 0 Å². The average Bonchev–Trinajstić information content (AvgIpc) is 3.25. The molecule has 2 aromatic heterocycles. The molecule has 1 amide bonds. The van der Waals surface area contributed by atoms with Gasteiger partial charge in [-0.3, -0.25) is 9.89 Å². The van der Waals surface area contributed by atoms with Crippen molar-refractivity contribution in [2.45, 2.75) is 31.7 Å². The average molecular weight is 303 g/mol. The summed E-state index contributed by atoms with van der Waals surface area (Å²) >= 11 is 5.87. The maximum absolute atomic E-state index is 12.6. The predicted molar refractivity (Wildman–Crippen MR) is 78.3 cm³/mol. The van der Waals surface area contributed by atoms with Crippen molar-refractivity contribution in [1.82, 2.24) is 20.1 Å². The van der Waals surface area contributed by atoms with Crippen molar-refractivity contribution in [2.24, 2.45) is 0 Å². The highest BCUT2D eigenvalue weighted by Crippen LogP contribution is 2.42. The van der Waals surface area contributed by atoms with Gasteiger partial charge >= 0.3 is 0 Å². The SMILES string of the molecule is O=C(c1ccnc(Cl)c1)N1CCc2[nH]nc(C3CC3)c2C1. The van der Waals surface area contributed by atoms with Gasteiger partial charge in [0.15, 0.2) is 0 Å². The second-order valence-corrected chi connectivity index (χ2v) is 6.07. The van der Waals surface area contributed by atoms with E-state index in [2.05, 4.69) is 15.2 Å². The number of aromatic nitrogens is 3. The van der Waals surface area contributed by atoms with Crippen LogP contribution in [0.3, 0.4) is 0 Å². The third-order valence-corrected chi connectivity index (χ3v) is 4.40. The molecule has 108 valence electrons. The molecule has 2 aliphatic rings. The number of carbonyl (C=O) groups is 1. The first-order chi connectivity index (χ1) is 10.2. The number of fused-ring (bicyclic) bond motifs is 1. The molecule has 0 saturated heterocycles. The van der Waals surface area contributed by atoms with Gasteiger partial charge in [0, 0.05) is 48.4 Å². The molecule has 0 unspecified atom stereocenters. The normalized spacial score (nSPS) is 17.7. The molecule has 1 saturated carbocycles. The zero-order chi connectivity index (χ0) is 14.4. The summed E-state index contributed by atoms with van der Waals surface area (Å²) in [6.07, 6.45) is 4.83. The minimum Gasteiger partial charge on any atom is -0.334 e. The number of pyridine rings is 1. The fraction of sp³-hybridized carbons (Fsp3) is 0.400. The summed E-state index contributed by atoms with van der Waals surface area (Å²) in [4.78, 5) is 18.4. The number of H-pyrrole nitrogens is 1. The highest BCUT2D eigenvalue weighted by molar-refractivity contribution is 6.29. The van der Waals surface area contributed by atoms with E-state index in [9.17, 15) is 4.79 Å². The summed E-state index contributed by atoms with van der Waals surface area (Å²) in [5.74, 6) is 0.600. The first kappa shape index (κ1) is 12.8. The number of hydrogen-bond donors (Lipinski definition) is 1. The van der Waals surface area contributed by atoms with E-state index in [1.807, 2.05) is 4.90 Å². The van der Waals surface area contributed by atoms with Crippen LogP contribution in [0.25, 0.3) is 0 Å². The highest BCUT2D eigenvalue weighted by Gasteiger charge is 2.33. The van der Waals surface area contributed by atoms with Crippen molar-refractivity contribution in [3.05, 3.63) is 46.0 Å². The summed E-state index contributed by atoms with van der Waals surface area (Å²) in [5, 5.41) is 7.93. The monoisotopic (exact) mass is 302 g/mol. The first-order valence-electron chi connectivity index (χ1n) is 7.19. The van der Waals surface area contributed by atoms with E-state index < -0.39 is 0 Å². The molecule has 1 N–H and O–H groups in total. The molecule has 5 nitrogen and oxygen atoms in total. The quantitative estimate of drug-likeness (QED) is 0.867. The molecule has 3 heterocycles. The Morgan fingerprint density at radius 1 is 1.43 bits per heavy atom. The Labute approximate surface area is 127 Å². The Balaban J connectivity index is 1.60. The van der Waals surface area contributed by atoms with Crippen LogP contribution in [-0.2, 0) is 13.0 Å². The maximum atomic E-state index is 12.6. The van der Waals surface area contributed by atoms with E-state index in [0.717, 1.165) is 12.1 Å². The number of nitrogens with zero attached hydrogens (tertiary/aromatic N) is 3. The molecule has 0 spiro atoms. The van der Waals surface area contributed by atoms with E-state index in [-0.39, 0.29) is 5.91 Å². The van der Waals surface area contributed by atoms with E-state index in [1.54, 1.807) is 18.3 Å². The third-order valence-electron chi connectivity index (χ3n) is 4.19. The Hall–Kier alpha value is -1.88. The van der Waals surface area contributed by atoms with Crippen LogP contribution >= 0.6 is 11.6 Å². The number of hydrogen-bond acceptors (Lipinski definition) is 3. The van der Waals surface area contributed by atoms with Crippen LogP contribution in [0.2, 0.25) is 5.15 Å². The van der Waals surface area contributed by atoms with Gasteiger partial charge in [-0.25, -0.2) is 4.98 Å². The Kier molecular flexibility index (Phi) is 2.96. The molecule has 0 bridgehead atoms. The molecule has 4 rings (SSSR count). The minimum atomic E-state index is 0.00731. The lowest BCUT2D eigenvalue weighted by atomic mass is 10.0. The van der Waals surface area contributed by atoms with Gasteiger partial charge in [-0.05, 0) is 25.0 Å². The van der Waals surface area contributed by atoms with Crippen molar-refractivity contribution in [1.29, 1.82) is 0 Å². The van der Waals surface area contributed by atoms with Crippen LogP contribution in [0.4, 0.5) is 0 Å². The molecule has 1 aliphatic heterocycles.